The van der Waals surface area contributed by atoms with Crippen LogP contribution in [0.5, 0.6) is 0 Å². The molecule has 1 rings (SSSR count). The van der Waals surface area contributed by atoms with Gasteiger partial charge in [0.15, 0.2) is 0 Å². The molecule has 0 bridgehead atoms. The average molecular weight is 269 g/mol. The second-order valence-corrected chi connectivity index (χ2v) is 5.34. The number of unbranched alkanes of at least 4 members (excludes halogenated alkanes) is 1. The Hall–Kier alpha value is -0.550. The topological polar surface area (TPSA) is 55.5 Å². The summed E-state index contributed by atoms with van der Waals surface area (Å²) in [5, 5.41) is 9.77. The first-order valence-corrected chi connectivity index (χ1v) is 7.42. The number of aliphatic hydroxyl groups is 1. The first kappa shape index (κ1) is 15.5. The minimum Gasteiger partial charge on any atom is -0.390 e. The van der Waals surface area contributed by atoms with Gasteiger partial charge in [-0.15, -0.1) is 11.8 Å². The standard InChI is InChI=1S/C14H23NO2S/c1-2-3-7-17-10-13(16)11-18-14-6-4-5-12(8-14)9-15/h4-6,8,13,16H,2-3,7,9-11,15H2,1H3. The lowest BCUT2D eigenvalue weighted by Gasteiger charge is -2.11. The molecule has 1 unspecified atom stereocenters. The van der Waals surface area contributed by atoms with E-state index in [9.17, 15) is 5.11 Å². The smallest absolute Gasteiger partial charge is 0.0867 e. The van der Waals surface area contributed by atoms with Crippen LogP contribution in [0.4, 0.5) is 0 Å². The van der Waals surface area contributed by atoms with Gasteiger partial charge in [0.25, 0.3) is 0 Å². The second-order valence-electron chi connectivity index (χ2n) is 4.24. The summed E-state index contributed by atoms with van der Waals surface area (Å²) in [5.74, 6) is 0.653. The molecule has 1 atom stereocenters. The van der Waals surface area contributed by atoms with Gasteiger partial charge in [0.05, 0.1) is 12.7 Å². The molecule has 3 nitrogen and oxygen atoms in total. The first-order valence-electron chi connectivity index (χ1n) is 6.44. The van der Waals surface area contributed by atoms with Crippen molar-refractivity contribution in [1.82, 2.24) is 0 Å². The molecule has 18 heavy (non-hydrogen) atoms. The van der Waals surface area contributed by atoms with Crippen LogP contribution < -0.4 is 5.73 Å². The fraction of sp³-hybridized carbons (Fsp3) is 0.571. The van der Waals surface area contributed by atoms with E-state index in [1.165, 1.54) is 0 Å². The number of hydrogen-bond acceptors (Lipinski definition) is 4. The molecule has 102 valence electrons. The summed E-state index contributed by atoms with van der Waals surface area (Å²) in [6.45, 7) is 3.83. The van der Waals surface area contributed by atoms with Crippen molar-refractivity contribution in [2.75, 3.05) is 19.0 Å². The fourth-order valence-electron chi connectivity index (χ4n) is 1.47. The van der Waals surface area contributed by atoms with Crippen LogP contribution in [0, 0.1) is 0 Å². The summed E-state index contributed by atoms with van der Waals surface area (Å²) in [7, 11) is 0. The van der Waals surface area contributed by atoms with Crippen molar-refractivity contribution in [3.05, 3.63) is 29.8 Å². The van der Waals surface area contributed by atoms with E-state index in [0.717, 1.165) is 29.9 Å². The van der Waals surface area contributed by atoms with Crippen molar-refractivity contribution in [2.45, 2.75) is 37.3 Å². The zero-order chi connectivity index (χ0) is 13.2. The molecule has 0 aliphatic heterocycles. The van der Waals surface area contributed by atoms with Gasteiger partial charge in [-0.3, -0.25) is 0 Å². The molecule has 3 N–H and O–H groups in total. The molecular formula is C14H23NO2S. The molecule has 0 fully saturated rings. The highest BCUT2D eigenvalue weighted by molar-refractivity contribution is 7.99. The minimum absolute atomic E-state index is 0.409. The van der Waals surface area contributed by atoms with Crippen molar-refractivity contribution in [1.29, 1.82) is 0 Å². The highest BCUT2D eigenvalue weighted by Gasteiger charge is 2.05. The lowest BCUT2D eigenvalue weighted by molar-refractivity contribution is 0.0473. The van der Waals surface area contributed by atoms with Gasteiger partial charge >= 0.3 is 0 Å². The highest BCUT2D eigenvalue weighted by atomic mass is 32.2. The van der Waals surface area contributed by atoms with Gasteiger partial charge in [0.2, 0.25) is 0 Å². The number of rotatable bonds is 9. The average Bonchev–Trinajstić information content (AvgIpc) is 2.41. The van der Waals surface area contributed by atoms with Crippen LogP contribution in [0.1, 0.15) is 25.3 Å². The van der Waals surface area contributed by atoms with Gasteiger partial charge in [0.1, 0.15) is 0 Å². The first-order chi connectivity index (χ1) is 8.76. The van der Waals surface area contributed by atoms with E-state index in [1.807, 2.05) is 18.2 Å². The zero-order valence-corrected chi connectivity index (χ0v) is 11.8. The number of benzene rings is 1. The maximum absolute atomic E-state index is 9.77. The van der Waals surface area contributed by atoms with Crippen LogP contribution >= 0.6 is 11.8 Å². The Balaban J connectivity index is 2.22. The van der Waals surface area contributed by atoms with E-state index in [4.69, 9.17) is 10.5 Å². The highest BCUT2D eigenvalue weighted by Crippen LogP contribution is 2.20. The third kappa shape index (κ3) is 6.40. The summed E-state index contributed by atoms with van der Waals surface area (Å²) in [6.07, 6.45) is 1.77. The van der Waals surface area contributed by atoms with Gasteiger partial charge in [-0.25, -0.2) is 0 Å². The van der Waals surface area contributed by atoms with E-state index in [0.29, 0.717) is 18.9 Å². The number of aliphatic hydroxyl groups excluding tert-OH is 1. The maximum atomic E-state index is 9.77. The summed E-state index contributed by atoms with van der Waals surface area (Å²) in [5.41, 5.74) is 6.71. The molecule has 1 aromatic rings. The van der Waals surface area contributed by atoms with Crippen molar-refractivity contribution in [3.8, 4) is 0 Å². The number of ether oxygens (including phenoxy) is 1. The lowest BCUT2D eigenvalue weighted by atomic mass is 10.2. The van der Waals surface area contributed by atoms with Crippen molar-refractivity contribution in [3.63, 3.8) is 0 Å². The van der Waals surface area contributed by atoms with Crippen molar-refractivity contribution >= 4 is 11.8 Å². The number of thioether (sulfide) groups is 1. The van der Waals surface area contributed by atoms with Crippen LogP contribution in [0.3, 0.4) is 0 Å². The quantitative estimate of drug-likeness (QED) is 0.534. The molecule has 0 heterocycles. The molecule has 0 radical (unpaired) electrons. The van der Waals surface area contributed by atoms with Gasteiger partial charge < -0.3 is 15.6 Å². The van der Waals surface area contributed by atoms with Gasteiger partial charge in [0, 0.05) is 23.8 Å². The van der Waals surface area contributed by atoms with Gasteiger partial charge in [-0.05, 0) is 24.1 Å². The SMILES string of the molecule is CCCCOCC(O)CSc1cccc(CN)c1. The molecule has 0 saturated heterocycles. The fourth-order valence-corrected chi connectivity index (χ4v) is 2.36. The molecular weight excluding hydrogens is 246 g/mol. The van der Waals surface area contributed by atoms with Crippen LogP contribution in [-0.2, 0) is 11.3 Å². The van der Waals surface area contributed by atoms with E-state index >= 15 is 0 Å². The monoisotopic (exact) mass is 269 g/mol. The Bertz CT molecular complexity index is 333. The summed E-state index contributed by atoms with van der Waals surface area (Å²) in [4.78, 5) is 1.14. The van der Waals surface area contributed by atoms with Crippen LogP contribution in [-0.4, -0.2) is 30.2 Å². The second kappa shape index (κ2) is 9.39. The Morgan fingerprint density at radius 1 is 1.44 bits per heavy atom. The van der Waals surface area contributed by atoms with Gasteiger partial charge in [-0.1, -0.05) is 25.5 Å². The lowest BCUT2D eigenvalue weighted by Crippen LogP contribution is -2.18. The Morgan fingerprint density at radius 3 is 3.00 bits per heavy atom. The van der Waals surface area contributed by atoms with Crippen LogP contribution in [0.15, 0.2) is 29.2 Å². The van der Waals surface area contributed by atoms with E-state index in [-0.39, 0.29) is 0 Å². The molecule has 0 aromatic heterocycles. The zero-order valence-electron chi connectivity index (χ0n) is 11.0. The predicted molar refractivity (Wildman–Crippen MR) is 76.8 cm³/mol. The molecule has 0 aliphatic carbocycles. The van der Waals surface area contributed by atoms with E-state index in [2.05, 4.69) is 13.0 Å². The minimum atomic E-state index is -0.409. The maximum Gasteiger partial charge on any atom is 0.0867 e. The third-order valence-corrected chi connectivity index (χ3v) is 3.67. The molecule has 1 aromatic carbocycles. The number of nitrogens with two attached hydrogens (primary N) is 1. The van der Waals surface area contributed by atoms with E-state index < -0.39 is 6.10 Å². The Labute approximate surface area is 114 Å². The molecule has 0 aliphatic rings. The molecule has 4 heteroatoms. The van der Waals surface area contributed by atoms with Crippen LogP contribution in [0.2, 0.25) is 0 Å². The summed E-state index contributed by atoms with van der Waals surface area (Å²) >= 11 is 1.64. The van der Waals surface area contributed by atoms with E-state index in [1.54, 1.807) is 11.8 Å². The van der Waals surface area contributed by atoms with Crippen molar-refractivity contribution < 1.29 is 9.84 Å². The molecule has 0 saturated carbocycles. The normalized spacial score (nSPS) is 12.6. The summed E-state index contributed by atoms with van der Waals surface area (Å²) < 4.78 is 5.39. The Morgan fingerprint density at radius 2 is 2.28 bits per heavy atom. The van der Waals surface area contributed by atoms with Crippen molar-refractivity contribution in [2.24, 2.45) is 5.73 Å². The number of hydrogen-bond donors (Lipinski definition) is 2. The third-order valence-electron chi connectivity index (χ3n) is 2.53. The largest absolute Gasteiger partial charge is 0.390 e. The molecule has 0 amide bonds. The van der Waals surface area contributed by atoms with Gasteiger partial charge in [-0.2, -0.15) is 0 Å². The predicted octanol–water partition coefficient (Wildman–Crippen LogP) is 2.42. The van der Waals surface area contributed by atoms with Crippen LogP contribution in [0.25, 0.3) is 0 Å². The Kier molecular flexibility index (Phi) is 8.09. The summed E-state index contributed by atoms with van der Waals surface area (Å²) in [6, 6.07) is 8.10. The molecule has 0 spiro atoms.